The third kappa shape index (κ3) is 2.00. The van der Waals surface area contributed by atoms with Crippen molar-refractivity contribution in [3.8, 4) is 0 Å². The summed E-state index contributed by atoms with van der Waals surface area (Å²) in [6, 6.07) is 22.6. The van der Waals surface area contributed by atoms with E-state index >= 15 is 0 Å². The van der Waals surface area contributed by atoms with E-state index in [1.807, 2.05) is 30.3 Å². The molecule has 0 atom stereocenters. The van der Waals surface area contributed by atoms with Gasteiger partial charge < -0.3 is 9.47 Å². The van der Waals surface area contributed by atoms with E-state index in [-0.39, 0.29) is 0 Å². The number of hydrogen-bond donors (Lipinski definition) is 0. The molecule has 108 valence electrons. The van der Waals surface area contributed by atoms with Crippen LogP contribution in [0.3, 0.4) is 0 Å². The minimum atomic E-state index is -0.901. The van der Waals surface area contributed by atoms with Crippen molar-refractivity contribution in [2.24, 2.45) is 0 Å². The normalized spacial score (nSPS) is 15.5. The Morgan fingerprint density at radius 3 is 2.18 bits per heavy atom. The van der Waals surface area contributed by atoms with Crippen molar-refractivity contribution in [1.82, 2.24) is 0 Å². The summed E-state index contributed by atoms with van der Waals surface area (Å²) < 4.78 is 13.0. The fraction of sp³-hybridized carbons (Fsp3) is 0.0526. The van der Waals surface area contributed by atoms with Crippen molar-refractivity contribution < 1.29 is 9.47 Å². The summed E-state index contributed by atoms with van der Waals surface area (Å²) in [6.45, 7) is 0. The molecule has 3 aromatic carbocycles. The van der Waals surface area contributed by atoms with Crippen LogP contribution in [0.5, 0.6) is 0 Å². The van der Waals surface area contributed by atoms with E-state index in [0.717, 1.165) is 14.7 Å². The molecule has 0 aromatic heterocycles. The molecule has 4 rings (SSSR count). The van der Waals surface area contributed by atoms with E-state index in [9.17, 15) is 0 Å². The average Bonchev–Trinajstić information content (AvgIpc) is 3.07. The van der Waals surface area contributed by atoms with Gasteiger partial charge in [0.1, 0.15) is 12.5 Å². The van der Waals surface area contributed by atoms with Crippen molar-refractivity contribution in [3.05, 3.63) is 94.0 Å². The van der Waals surface area contributed by atoms with Gasteiger partial charge in [-0.2, -0.15) is 0 Å². The lowest BCUT2D eigenvalue weighted by Gasteiger charge is -2.29. The molecule has 0 saturated heterocycles. The third-order valence-electron chi connectivity index (χ3n) is 3.90. The van der Waals surface area contributed by atoms with Gasteiger partial charge in [0, 0.05) is 9.13 Å². The maximum Gasteiger partial charge on any atom is 0.305 e. The summed E-state index contributed by atoms with van der Waals surface area (Å²) in [6.07, 6.45) is 3.22. The molecule has 0 bridgehead atoms. The van der Waals surface area contributed by atoms with Gasteiger partial charge in [0.25, 0.3) is 0 Å². The fourth-order valence-electron chi connectivity index (χ4n) is 2.84. The van der Waals surface area contributed by atoms with Crippen LogP contribution < -0.4 is 0 Å². The van der Waals surface area contributed by atoms with Crippen LogP contribution >= 0.6 is 22.6 Å². The largest absolute Gasteiger partial charge is 0.449 e. The van der Waals surface area contributed by atoms with Crippen LogP contribution in [0.1, 0.15) is 11.1 Å². The maximum absolute atomic E-state index is 5.93. The first-order chi connectivity index (χ1) is 10.8. The summed E-state index contributed by atoms with van der Waals surface area (Å²) in [4.78, 5) is 0. The molecule has 3 aromatic rings. The van der Waals surface area contributed by atoms with Gasteiger partial charge in [-0.15, -0.1) is 0 Å². The Morgan fingerprint density at radius 1 is 0.727 bits per heavy atom. The molecule has 0 spiro atoms. The smallest absolute Gasteiger partial charge is 0.305 e. The molecule has 1 aliphatic rings. The molecular weight excluding hydrogens is 387 g/mol. The predicted molar refractivity (Wildman–Crippen MR) is 95.2 cm³/mol. The van der Waals surface area contributed by atoms with Crippen LogP contribution in [0.15, 0.2) is 79.3 Å². The molecule has 2 nitrogen and oxygen atoms in total. The Morgan fingerprint density at radius 2 is 1.41 bits per heavy atom. The number of ether oxygens (including phenoxy) is 2. The van der Waals surface area contributed by atoms with E-state index in [2.05, 4.69) is 59.0 Å². The second-order valence-electron chi connectivity index (χ2n) is 5.14. The van der Waals surface area contributed by atoms with Gasteiger partial charge in [0.2, 0.25) is 0 Å². The summed E-state index contributed by atoms with van der Waals surface area (Å²) in [5.74, 6) is -0.901. The third-order valence-corrected chi connectivity index (χ3v) is 5.06. The standard InChI is InChI=1S/C19H13IO2/c20-18-16-9-5-4-6-14(16)10-11-17(18)19(21-12-13-22-19)15-7-2-1-3-8-15/h1-13H. The minimum absolute atomic E-state index is 0.901. The van der Waals surface area contributed by atoms with Gasteiger partial charge in [-0.1, -0.05) is 60.7 Å². The monoisotopic (exact) mass is 400 g/mol. The highest BCUT2D eigenvalue weighted by molar-refractivity contribution is 14.1. The van der Waals surface area contributed by atoms with E-state index in [4.69, 9.17) is 9.47 Å². The maximum atomic E-state index is 5.93. The first-order valence-corrected chi connectivity index (χ1v) is 8.13. The van der Waals surface area contributed by atoms with Crippen LogP contribution in [-0.4, -0.2) is 0 Å². The van der Waals surface area contributed by atoms with E-state index in [1.165, 1.54) is 10.8 Å². The zero-order chi connectivity index (χ0) is 15.0. The summed E-state index contributed by atoms with van der Waals surface area (Å²) >= 11 is 2.38. The SMILES string of the molecule is Ic1c(C2(c3ccccc3)OC=CO2)ccc2ccccc12. The van der Waals surface area contributed by atoms with Crippen molar-refractivity contribution in [1.29, 1.82) is 0 Å². The highest BCUT2D eigenvalue weighted by Gasteiger charge is 2.42. The Hall–Kier alpha value is -2.01. The first-order valence-electron chi connectivity index (χ1n) is 7.05. The quantitative estimate of drug-likeness (QED) is 0.553. The molecular formula is C19H13IO2. The van der Waals surface area contributed by atoms with Crippen LogP contribution in [0, 0.1) is 3.57 Å². The predicted octanol–water partition coefficient (Wildman–Crippen LogP) is 5.16. The lowest BCUT2D eigenvalue weighted by Crippen LogP contribution is -2.29. The highest BCUT2D eigenvalue weighted by atomic mass is 127. The van der Waals surface area contributed by atoms with Gasteiger partial charge in [0.05, 0.1) is 5.56 Å². The Labute approximate surface area is 142 Å². The van der Waals surface area contributed by atoms with Gasteiger partial charge in [-0.05, 0) is 39.4 Å². The summed E-state index contributed by atoms with van der Waals surface area (Å²) in [7, 11) is 0. The minimum Gasteiger partial charge on any atom is -0.449 e. The number of benzene rings is 3. The highest BCUT2D eigenvalue weighted by Crippen LogP contribution is 2.42. The molecule has 1 aliphatic heterocycles. The van der Waals surface area contributed by atoms with Crippen LogP contribution in [0.4, 0.5) is 0 Å². The number of hydrogen-bond acceptors (Lipinski definition) is 2. The molecule has 22 heavy (non-hydrogen) atoms. The number of fused-ring (bicyclic) bond motifs is 1. The van der Waals surface area contributed by atoms with Crippen molar-refractivity contribution in [2.45, 2.75) is 5.79 Å². The van der Waals surface area contributed by atoms with Gasteiger partial charge in [-0.25, -0.2) is 0 Å². The fourth-order valence-corrected chi connectivity index (χ4v) is 3.86. The van der Waals surface area contributed by atoms with Crippen LogP contribution in [0.2, 0.25) is 0 Å². The van der Waals surface area contributed by atoms with E-state index in [1.54, 1.807) is 12.5 Å². The molecule has 3 heteroatoms. The van der Waals surface area contributed by atoms with Crippen molar-refractivity contribution in [3.63, 3.8) is 0 Å². The zero-order valence-corrected chi connectivity index (χ0v) is 13.9. The van der Waals surface area contributed by atoms with Gasteiger partial charge in [-0.3, -0.25) is 0 Å². The number of rotatable bonds is 2. The lowest BCUT2D eigenvalue weighted by atomic mass is 9.95. The second-order valence-corrected chi connectivity index (χ2v) is 6.22. The Balaban J connectivity index is 1.97. The molecule has 0 aliphatic carbocycles. The topological polar surface area (TPSA) is 18.5 Å². The zero-order valence-electron chi connectivity index (χ0n) is 11.7. The van der Waals surface area contributed by atoms with Crippen LogP contribution in [0.25, 0.3) is 10.8 Å². The molecule has 0 fully saturated rings. The molecule has 0 amide bonds. The van der Waals surface area contributed by atoms with Crippen LogP contribution in [-0.2, 0) is 15.3 Å². The van der Waals surface area contributed by atoms with E-state index in [0.29, 0.717) is 0 Å². The van der Waals surface area contributed by atoms with Gasteiger partial charge >= 0.3 is 5.79 Å². The molecule has 0 N–H and O–H groups in total. The molecule has 0 radical (unpaired) electrons. The van der Waals surface area contributed by atoms with Crippen molar-refractivity contribution >= 4 is 33.4 Å². The summed E-state index contributed by atoms with van der Waals surface area (Å²) in [5, 5.41) is 2.42. The van der Waals surface area contributed by atoms with Crippen molar-refractivity contribution in [2.75, 3.05) is 0 Å². The molecule has 0 unspecified atom stereocenters. The lowest BCUT2D eigenvalue weighted by molar-refractivity contribution is -0.113. The molecule has 0 saturated carbocycles. The Kier molecular flexibility index (Phi) is 3.30. The average molecular weight is 400 g/mol. The number of halogens is 1. The van der Waals surface area contributed by atoms with Gasteiger partial charge in [0.15, 0.2) is 0 Å². The first kappa shape index (κ1) is 13.6. The Bertz CT molecular complexity index is 848. The second kappa shape index (κ2) is 5.32. The molecule has 1 heterocycles. The van der Waals surface area contributed by atoms with E-state index < -0.39 is 5.79 Å². The summed E-state index contributed by atoms with van der Waals surface area (Å²) in [5.41, 5.74) is 2.00.